The van der Waals surface area contributed by atoms with Crippen LogP contribution in [0.2, 0.25) is 0 Å². The molecule has 0 saturated carbocycles. The molecular formula is C15H30N4S. The Morgan fingerprint density at radius 1 is 1.25 bits per heavy atom. The monoisotopic (exact) mass is 298 g/mol. The fraction of sp³-hybridized carbons (Fsp3) is 0.800. The fourth-order valence-electron chi connectivity index (χ4n) is 2.06. The Hall–Kier alpha value is -0.490. The lowest BCUT2D eigenvalue weighted by molar-refractivity contribution is 0.257. The molecule has 0 amide bonds. The van der Waals surface area contributed by atoms with Crippen molar-refractivity contribution in [3.05, 3.63) is 16.1 Å². The molecule has 5 heteroatoms. The number of aromatic nitrogens is 1. The maximum atomic E-state index is 4.72. The van der Waals surface area contributed by atoms with Gasteiger partial charge in [-0.2, -0.15) is 0 Å². The number of thiazole rings is 1. The zero-order chi connectivity index (χ0) is 14.8. The highest BCUT2D eigenvalue weighted by Gasteiger charge is 2.07. The van der Waals surface area contributed by atoms with Gasteiger partial charge in [-0.05, 0) is 53.1 Å². The standard InChI is InChI=1S/C15H30N4S/c1-5-8-16-11-15-17-14(13-20-15)12-19(6-2)10-7-9-18(3)4/h13,16H,5-12H2,1-4H3. The molecule has 116 valence electrons. The third-order valence-electron chi connectivity index (χ3n) is 3.21. The molecule has 0 aliphatic carbocycles. The van der Waals surface area contributed by atoms with E-state index >= 15 is 0 Å². The molecule has 1 aromatic heterocycles. The molecule has 0 unspecified atom stereocenters. The normalized spacial score (nSPS) is 11.7. The van der Waals surface area contributed by atoms with Crippen molar-refractivity contribution < 1.29 is 0 Å². The first-order valence-electron chi connectivity index (χ1n) is 7.66. The van der Waals surface area contributed by atoms with Gasteiger partial charge in [0.05, 0.1) is 5.69 Å². The van der Waals surface area contributed by atoms with E-state index < -0.39 is 0 Å². The molecule has 1 N–H and O–H groups in total. The minimum Gasteiger partial charge on any atom is -0.310 e. The third-order valence-corrected chi connectivity index (χ3v) is 4.11. The molecule has 1 aromatic rings. The summed E-state index contributed by atoms with van der Waals surface area (Å²) in [5.74, 6) is 0. The van der Waals surface area contributed by atoms with Crippen LogP contribution in [0.15, 0.2) is 5.38 Å². The third kappa shape index (κ3) is 7.33. The molecule has 1 rings (SSSR count). The Morgan fingerprint density at radius 2 is 2.05 bits per heavy atom. The van der Waals surface area contributed by atoms with Crippen molar-refractivity contribution in [3.8, 4) is 0 Å². The van der Waals surface area contributed by atoms with Crippen molar-refractivity contribution in [3.63, 3.8) is 0 Å². The van der Waals surface area contributed by atoms with E-state index in [-0.39, 0.29) is 0 Å². The molecule has 0 spiro atoms. The average molecular weight is 298 g/mol. The Bertz CT molecular complexity index is 351. The van der Waals surface area contributed by atoms with Crippen molar-refractivity contribution >= 4 is 11.3 Å². The van der Waals surface area contributed by atoms with Crippen LogP contribution in [0.5, 0.6) is 0 Å². The molecule has 0 aliphatic rings. The van der Waals surface area contributed by atoms with Crippen molar-refractivity contribution in [1.82, 2.24) is 20.1 Å². The summed E-state index contributed by atoms with van der Waals surface area (Å²) >= 11 is 1.77. The molecule has 20 heavy (non-hydrogen) atoms. The quantitative estimate of drug-likeness (QED) is 0.636. The fourth-order valence-corrected chi connectivity index (χ4v) is 2.82. The molecule has 0 saturated heterocycles. The first-order chi connectivity index (χ1) is 9.65. The van der Waals surface area contributed by atoms with Crippen molar-refractivity contribution in [2.75, 3.05) is 40.3 Å². The van der Waals surface area contributed by atoms with Crippen molar-refractivity contribution in [2.24, 2.45) is 0 Å². The highest BCUT2D eigenvalue weighted by atomic mass is 32.1. The molecule has 1 heterocycles. The van der Waals surface area contributed by atoms with Gasteiger partial charge < -0.3 is 10.2 Å². The summed E-state index contributed by atoms with van der Waals surface area (Å²) in [5.41, 5.74) is 1.22. The van der Waals surface area contributed by atoms with Crippen molar-refractivity contribution in [2.45, 2.75) is 39.8 Å². The summed E-state index contributed by atoms with van der Waals surface area (Å²) in [7, 11) is 4.26. The van der Waals surface area contributed by atoms with Gasteiger partial charge in [-0.25, -0.2) is 4.98 Å². The highest BCUT2D eigenvalue weighted by Crippen LogP contribution is 2.12. The Morgan fingerprint density at radius 3 is 2.70 bits per heavy atom. The molecule has 0 atom stereocenters. The van der Waals surface area contributed by atoms with E-state index in [1.807, 2.05) is 0 Å². The van der Waals surface area contributed by atoms with E-state index in [2.05, 4.69) is 48.4 Å². The lowest BCUT2D eigenvalue weighted by Crippen LogP contribution is -2.27. The summed E-state index contributed by atoms with van der Waals surface area (Å²) in [6, 6.07) is 0. The topological polar surface area (TPSA) is 31.4 Å². The van der Waals surface area contributed by atoms with Crippen LogP contribution in [0, 0.1) is 0 Å². The van der Waals surface area contributed by atoms with E-state index in [0.29, 0.717) is 0 Å². The Labute approximate surface area is 128 Å². The minimum absolute atomic E-state index is 0.908. The van der Waals surface area contributed by atoms with Crippen LogP contribution in [0.4, 0.5) is 0 Å². The summed E-state index contributed by atoms with van der Waals surface area (Å²) in [6.45, 7) is 10.8. The van der Waals surface area contributed by atoms with Gasteiger partial charge in [-0.1, -0.05) is 13.8 Å². The van der Waals surface area contributed by atoms with E-state index in [1.165, 1.54) is 23.5 Å². The van der Waals surface area contributed by atoms with Crippen LogP contribution < -0.4 is 5.32 Å². The maximum absolute atomic E-state index is 4.72. The maximum Gasteiger partial charge on any atom is 0.107 e. The van der Waals surface area contributed by atoms with E-state index in [9.17, 15) is 0 Å². The number of hydrogen-bond acceptors (Lipinski definition) is 5. The highest BCUT2D eigenvalue weighted by molar-refractivity contribution is 7.09. The van der Waals surface area contributed by atoms with Crippen molar-refractivity contribution in [1.29, 1.82) is 0 Å². The SMILES string of the molecule is CCCNCc1nc(CN(CC)CCCN(C)C)cs1. The molecule has 4 nitrogen and oxygen atoms in total. The van der Waals surface area contributed by atoms with Gasteiger partial charge in [-0.15, -0.1) is 11.3 Å². The van der Waals surface area contributed by atoms with Gasteiger partial charge in [0.2, 0.25) is 0 Å². The van der Waals surface area contributed by atoms with Crippen LogP contribution in [0.25, 0.3) is 0 Å². The Balaban J connectivity index is 2.33. The second kappa shape index (κ2) is 10.3. The average Bonchev–Trinajstić information content (AvgIpc) is 2.85. The van der Waals surface area contributed by atoms with Gasteiger partial charge in [0.1, 0.15) is 5.01 Å². The molecule has 0 bridgehead atoms. The van der Waals surface area contributed by atoms with E-state index in [0.717, 1.165) is 39.3 Å². The Kier molecular flexibility index (Phi) is 9.02. The van der Waals surface area contributed by atoms with Gasteiger partial charge in [0, 0.05) is 18.5 Å². The van der Waals surface area contributed by atoms with Gasteiger partial charge in [0.15, 0.2) is 0 Å². The van der Waals surface area contributed by atoms with Crippen LogP contribution in [-0.2, 0) is 13.1 Å². The molecule has 0 aliphatic heterocycles. The van der Waals surface area contributed by atoms with E-state index in [1.54, 1.807) is 11.3 Å². The lowest BCUT2D eigenvalue weighted by atomic mass is 10.3. The largest absolute Gasteiger partial charge is 0.310 e. The summed E-state index contributed by atoms with van der Waals surface area (Å²) in [6.07, 6.45) is 2.39. The first-order valence-corrected chi connectivity index (χ1v) is 8.54. The molecular weight excluding hydrogens is 268 g/mol. The number of nitrogens with zero attached hydrogens (tertiary/aromatic N) is 3. The number of rotatable bonds is 11. The first kappa shape index (κ1) is 17.6. The predicted octanol–water partition coefficient (Wildman–Crippen LogP) is 2.42. The molecule has 0 radical (unpaired) electrons. The second-order valence-corrected chi connectivity index (χ2v) is 6.38. The second-order valence-electron chi connectivity index (χ2n) is 5.43. The van der Waals surface area contributed by atoms with Crippen LogP contribution >= 0.6 is 11.3 Å². The summed E-state index contributed by atoms with van der Waals surface area (Å²) < 4.78 is 0. The van der Waals surface area contributed by atoms with Gasteiger partial charge in [-0.3, -0.25) is 4.90 Å². The molecule has 0 aromatic carbocycles. The number of hydrogen-bond donors (Lipinski definition) is 1. The van der Waals surface area contributed by atoms with Gasteiger partial charge in [0.25, 0.3) is 0 Å². The number of nitrogens with one attached hydrogen (secondary N) is 1. The van der Waals surface area contributed by atoms with E-state index in [4.69, 9.17) is 4.98 Å². The minimum atomic E-state index is 0.908. The van der Waals surface area contributed by atoms with Crippen LogP contribution in [-0.4, -0.2) is 55.1 Å². The zero-order valence-electron chi connectivity index (χ0n) is 13.5. The van der Waals surface area contributed by atoms with Crippen LogP contribution in [0.3, 0.4) is 0 Å². The van der Waals surface area contributed by atoms with Crippen LogP contribution in [0.1, 0.15) is 37.4 Å². The molecule has 0 fully saturated rings. The van der Waals surface area contributed by atoms with Gasteiger partial charge >= 0.3 is 0 Å². The summed E-state index contributed by atoms with van der Waals surface area (Å²) in [5, 5.41) is 6.82. The predicted molar refractivity (Wildman–Crippen MR) is 88.2 cm³/mol. The lowest BCUT2D eigenvalue weighted by Gasteiger charge is -2.20. The smallest absolute Gasteiger partial charge is 0.107 e. The zero-order valence-corrected chi connectivity index (χ0v) is 14.3. The summed E-state index contributed by atoms with van der Waals surface area (Å²) in [4.78, 5) is 9.44.